The van der Waals surface area contributed by atoms with E-state index in [1.807, 2.05) is 18.7 Å². The van der Waals surface area contributed by atoms with Crippen molar-refractivity contribution in [3.05, 3.63) is 59.2 Å². The standard InChI is InChI=1S/C37H53N3O5S/c1-29-25-33(44-3)26-30(2)35(29)46(42,43)40-22-8-7-13-32(40)27-45-28-34(41)38-23-18-36(19-24-38)14-16-37(17-15-36,39-20-9-10-21-39)31-11-5-4-6-12-31/h4-6,11-12,25-26,32H,7-10,13-24,27-28H2,1-3H3. The van der Waals surface area contributed by atoms with Gasteiger partial charge in [-0.25, -0.2) is 8.42 Å². The molecular formula is C37H53N3O5S. The van der Waals surface area contributed by atoms with Crippen LogP contribution in [0.4, 0.5) is 0 Å². The first-order chi connectivity index (χ1) is 22.2. The fourth-order valence-corrected chi connectivity index (χ4v) is 11.1. The molecule has 2 aromatic rings. The van der Waals surface area contributed by atoms with E-state index in [0.29, 0.717) is 33.7 Å². The third-order valence-corrected chi connectivity index (χ3v) is 13.9. The van der Waals surface area contributed by atoms with Gasteiger partial charge in [0.05, 0.1) is 18.6 Å². The number of carbonyl (C=O) groups is 1. The number of ether oxygens (including phenoxy) is 2. The summed E-state index contributed by atoms with van der Waals surface area (Å²) in [7, 11) is -2.13. The van der Waals surface area contributed by atoms with Gasteiger partial charge in [-0.15, -0.1) is 0 Å². The number of nitrogens with zero attached hydrogens (tertiary/aromatic N) is 3. The molecule has 1 saturated carbocycles. The molecule has 1 aliphatic carbocycles. The number of amides is 1. The lowest BCUT2D eigenvalue weighted by molar-refractivity contribution is -0.139. The molecule has 252 valence electrons. The Balaban J connectivity index is 1.02. The van der Waals surface area contributed by atoms with E-state index in [1.165, 1.54) is 57.2 Å². The molecule has 1 atom stereocenters. The van der Waals surface area contributed by atoms with Crippen LogP contribution >= 0.6 is 0 Å². The predicted molar refractivity (Wildman–Crippen MR) is 180 cm³/mol. The zero-order chi connectivity index (χ0) is 32.4. The zero-order valence-electron chi connectivity index (χ0n) is 28.1. The van der Waals surface area contributed by atoms with E-state index < -0.39 is 10.0 Å². The van der Waals surface area contributed by atoms with Crippen molar-refractivity contribution in [1.82, 2.24) is 14.1 Å². The van der Waals surface area contributed by atoms with Gasteiger partial charge in [0.2, 0.25) is 15.9 Å². The smallest absolute Gasteiger partial charge is 0.248 e. The summed E-state index contributed by atoms with van der Waals surface area (Å²) >= 11 is 0. The van der Waals surface area contributed by atoms with Gasteiger partial charge in [-0.2, -0.15) is 4.31 Å². The average Bonchev–Trinajstić information content (AvgIpc) is 3.62. The number of sulfonamides is 1. The fraction of sp³-hybridized carbons (Fsp3) is 0.649. The molecule has 9 heteroatoms. The molecule has 0 radical (unpaired) electrons. The second-order valence-corrected chi connectivity index (χ2v) is 16.2. The Hall–Kier alpha value is -2.46. The molecule has 6 rings (SSSR count). The number of carbonyl (C=O) groups excluding carboxylic acids is 1. The molecule has 3 aliphatic heterocycles. The summed E-state index contributed by atoms with van der Waals surface area (Å²) in [5, 5.41) is 0. The molecule has 1 unspecified atom stereocenters. The highest BCUT2D eigenvalue weighted by Crippen LogP contribution is 2.53. The molecule has 0 aromatic heterocycles. The van der Waals surface area contributed by atoms with Crippen LogP contribution < -0.4 is 4.74 Å². The summed E-state index contributed by atoms with van der Waals surface area (Å²) in [5.41, 5.74) is 3.33. The maximum absolute atomic E-state index is 13.9. The van der Waals surface area contributed by atoms with Crippen molar-refractivity contribution in [3.63, 3.8) is 0 Å². The summed E-state index contributed by atoms with van der Waals surface area (Å²) in [6.45, 7) is 8.31. The van der Waals surface area contributed by atoms with Crippen LogP contribution in [-0.4, -0.2) is 87.5 Å². The summed E-state index contributed by atoms with van der Waals surface area (Å²) in [6.07, 6.45) is 12.1. The maximum atomic E-state index is 13.9. The number of aryl methyl sites for hydroxylation is 2. The van der Waals surface area contributed by atoms with Crippen molar-refractivity contribution in [2.75, 3.05) is 53.0 Å². The number of hydrogen-bond donors (Lipinski definition) is 0. The van der Waals surface area contributed by atoms with Crippen LogP contribution in [0.15, 0.2) is 47.4 Å². The van der Waals surface area contributed by atoms with Crippen LogP contribution in [0.2, 0.25) is 0 Å². The first kappa shape index (κ1) is 33.4. The average molecular weight is 652 g/mol. The van der Waals surface area contributed by atoms with E-state index in [9.17, 15) is 13.2 Å². The Morgan fingerprint density at radius 1 is 0.848 bits per heavy atom. The molecule has 8 nitrogen and oxygen atoms in total. The minimum Gasteiger partial charge on any atom is -0.497 e. The Morgan fingerprint density at radius 2 is 1.48 bits per heavy atom. The zero-order valence-corrected chi connectivity index (χ0v) is 29.0. The lowest BCUT2D eigenvalue weighted by Crippen LogP contribution is -2.52. The van der Waals surface area contributed by atoms with Crippen LogP contribution in [0.5, 0.6) is 5.75 Å². The highest BCUT2D eigenvalue weighted by Gasteiger charge is 2.48. The summed E-state index contributed by atoms with van der Waals surface area (Å²) in [5.74, 6) is 0.675. The highest BCUT2D eigenvalue weighted by atomic mass is 32.2. The van der Waals surface area contributed by atoms with Gasteiger partial charge in [-0.05, 0) is 125 Å². The van der Waals surface area contributed by atoms with Gasteiger partial charge in [0.1, 0.15) is 12.4 Å². The van der Waals surface area contributed by atoms with Gasteiger partial charge in [0, 0.05) is 31.2 Å². The molecule has 46 heavy (non-hydrogen) atoms. The molecule has 4 aliphatic rings. The van der Waals surface area contributed by atoms with Gasteiger partial charge < -0.3 is 14.4 Å². The topological polar surface area (TPSA) is 79.4 Å². The largest absolute Gasteiger partial charge is 0.497 e. The molecule has 3 heterocycles. The molecule has 1 amide bonds. The van der Waals surface area contributed by atoms with Crippen molar-refractivity contribution in [2.24, 2.45) is 5.41 Å². The summed E-state index contributed by atoms with van der Waals surface area (Å²) in [6, 6.07) is 14.4. The molecule has 1 spiro atoms. The Kier molecular flexibility index (Phi) is 10.1. The minimum absolute atomic E-state index is 0.00403. The van der Waals surface area contributed by atoms with Gasteiger partial charge in [-0.3, -0.25) is 9.69 Å². The van der Waals surface area contributed by atoms with Crippen molar-refractivity contribution in [3.8, 4) is 5.75 Å². The molecule has 3 saturated heterocycles. The van der Waals surface area contributed by atoms with Crippen molar-refractivity contribution in [1.29, 1.82) is 0 Å². The van der Waals surface area contributed by atoms with Gasteiger partial charge >= 0.3 is 0 Å². The molecule has 4 fully saturated rings. The Labute approximate surface area is 276 Å². The maximum Gasteiger partial charge on any atom is 0.248 e. The summed E-state index contributed by atoms with van der Waals surface area (Å²) in [4.78, 5) is 18.4. The van der Waals surface area contributed by atoms with Crippen LogP contribution in [0.3, 0.4) is 0 Å². The van der Waals surface area contributed by atoms with E-state index in [1.54, 1.807) is 23.5 Å². The van der Waals surface area contributed by atoms with E-state index in [2.05, 4.69) is 35.2 Å². The van der Waals surface area contributed by atoms with Crippen LogP contribution in [0.1, 0.15) is 87.3 Å². The SMILES string of the molecule is COc1cc(C)c(S(=O)(=O)N2CCCCC2COCC(=O)N2CCC3(CC2)CCC(c2ccccc2)(N2CCCC2)CC3)c(C)c1. The fourth-order valence-electron chi connectivity index (χ4n) is 8.99. The lowest BCUT2D eigenvalue weighted by atomic mass is 9.61. The van der Waals surface area contributed by atoms with Crippen LogP contribution in [0.25, 0.3) is 0 Å². The number of rotatable bonds is 9. The first-order valence-corrected chi connectivity index (χ1v) is 18.9. The van der Waals surface area contributed by atoms with Crippen molar-refractivity contribution >= 4 is 15.9 Å². The first-order valence-electron chi connectivity index (χ1n) is 17.5. The van der Waals surface area contributed by atoms with E-state index >= 15 is 0 Å². The van der Waals surface area contributed by atoms with Crippen LogP contribution in [-0.2, 0) is 25.1 Å². The second-order valence-electron chi connectivity index (χ2n) is 14.3. The summed E-state index contributed by atoms with van der Waals surface area (Å²) < 4.78 is 40.7. The predicted octanol–water partition coefficient (Wildman–Crippen LogP) is 6.05. The van der Waals surface area contributed by atoms with E-state index in [4.69, 9.17) is 9.47 Å². The van der Waals surface area contributed by atoms with E-state index in [0.717, 1.165) is 45.2 Å². The number of benzene rings is 2. The van der Waals surface area contributed by atoms with E-state index in [-0.39, 0.29) is 30.7 Å². The van der Waals surface area contributed by atoms with Crippen molar-refractivity contribution < 1.29 is 22.7 Å². The number of methoxy groups -OCH3 is 1. The second kappa shape index (κ2) is 14.0. The van der Waals surface area contributed by atoms with Gasteiger partial charge in [0.25, 0.3) is 0 Å². The molecule has 0 N–H and O–H groups in total. The monoisotopic (exact) mass is 651 g/mol. The molecule has 2 aromatic carbocycles. The van der Waals surface area contributed by atoms with Crippen molar-refractivity contribution in [2.45, 2.75) is 101 Å². The lowest BCUT2D eigenvalue weighted by Gasteiger charge is -2.53. The van der Waals surface area contributed by atoms with Gasteiger partial charge in [-0.1, -0.05) is 36.8 Å². The molecular weight excluding hydrogens is 598 g/mol. The highest BCUT2D eigenvalue weighted by molar-refractivity contribution is 7.89. The number of piperidine rings is 2. The number of likely N-dealkylation sites (tertiary alicyclic amines) is 2. The minimum atomic E-state index is -3.72. The third-order valence-electron chi connectivity index (χ3n) is 11.7. The quantitative estimate of drug-likeness (QED) is 0.329. The normalized spacial score (nSPS) is 23.9. The third kappa shape index (κ3) is 6.62. The Morgan fingerprint density at radius 3 is 2.11 bits per heavy atom. The number of hydrogen-bond acceptors (Lipinski definition) is 6. The Bertz CT molecular complexity index is 1430. The van der Waals surface area contributed by atoms with Crippen LogP contribution in [0, 0.1) is 19.3 Å². The molecule has 0 bridgehead atoms. The van der Waals surface area contributed by atoms with Gasteiger partial charge in [0.15, 0.2) is 0 Å².